The van der Waals surface area contributed by atoms with Crippen LogP contribution in [0, 0.1) is 0 Å². The lowest BCUT2D eigenvalue weighted by molar-refractivity contribution is 0.245. The summed E-state index contributed by atoms with van der Waals surface area (Å²) < 4.78 is 0. The van der Waals surface area contributed by atoms with Crippen molar-refractivity contribution in [1.82, 2.24) is 31.0 Å². The molecule has 3 aliphatic rings. The molecule has 0 aromatic heterocycles. The predicted octanol–water partition coefficient (Wildman–Crippen LogP) is 1.31. The molecule has 3 atom stereocenters. The van der Waals surface area contributed by atoms with Crippen LogP contribution < -0.4 is 16.3 Å². The van der Waals surface area contributed by atoms with Gasteiger partial charge in [0.05, 0.1) is 0 Å². The number of hydrogen-bond donors (Lipinski definition) is 3. The maximum absolute atomic E-state index is 3.55. The molecule has 6 nitrogen and oxygen atoms in total. The number of nitrogens with one attached hydrogen (secondary N) is 3. The summed E-state index contributed by atoms with van der Waals surface area (Å²) in [6, 6.07) is 1.03. The zero-order valence-electron chi connectivity index (χ0n) is 14.4. The summed E-state index contributed by atoms with van der Waals surface area (Å²) in [7, 11) is 0.00333. The van der Waals surface area contributed by atoms with Crippen molar-refractivity contribution in [3.63, 3.8) is 0 Å². The number of allylic oxidation sites excluding steroid dienone is 3. The van der Waals surface area contributed by atoms with Gasteiger partial charge in [0.2, 0.25) is 7.12 Å². The number of hydrogen-bond acceptors (Lipinski definition) is 6. The average Bonchev–Trinajstić information content (AvgIpc) is 3.02. The van der Waals surface area contributed by atoms with E-state index < -0.39 is 0 Å². The van der Waals surface area contributed by atoms with Crippen LogP contribution in [0.4, 0.5) is 0 Å². The molecule has 121 valence electrons. The molecule has 3 aliphatic heterocycles. The molecule has 1 radical (unpaired) electrons. The van der Waals surface area contributed by atoms with Gasteiger partial charge in [0.15, 0.2) is 0 Å². The zero-order valence-corrected chi connectivity index (χ0v) is 14.4. The van der Waals surface area contributed by atoms with Crippen LogP contribution in [0.2, 0.25) is 0 Å². The maximum atomic E-state index is 3.55. The summed E-state index contributed by atoms with van der Waals surface area (Å²) in [6.45, 7) is 13.0. The topological polar surface area (TPSA) is 45.8 Å². The van der Waals surface area contributed by atoms with Gasteiger partial charge >= 0.3 is 0 Å². The lowest BCUT2D eigenvalue weighted by Gasteiger charge is -2.56. The van der Waals surface area contributed by atoms with Crippen LogP contribution in [0.5, 0.6) is 0 Å². The predicted molar refractivity (Wildman–Crippen MR) is 90.3 cm³/mol. The van der Waals surface area contributed by atoms with Gasteiger partial charge in [-0.15, -0.1) is 0 Å². The van der Waals surface area contributed by atoms with Crippen molar-refractivity contribution in [2.45, 2.75) is 59.7 Å². The summed E-state index contributed by atoms with van der Waals surface area (Å²) >= 11 is 0. The van der Waals surface area contributed by atoms with Gasteiger partial charge in [-0.1, -0.05) is 0 Å². The van der Waals surface area contributed by atoms with Crippen LogP contribution in [-0.2, 0) is 0 Å². The third-order valence-corrected chi connectivity index (χ3v) is 4.33. The Balaban J connectivity index is 1.92. The van der Waals surface area contributed by atoms with E-state index >= 15 is 0 Å². The van der Waals surface area contributed by atoms with E-state index in [1.165, 1.54) is 17.1 Å². The smallest absolute Gasteiger partial charge is 0.236 e. The standard InChI is InChI=1S/C15H27BN6/c1-10-7-13(4)20(17-10)16(21-14(5)8-11(2)18-21)22-15(6)9-12(3)19-22/h7-12,17-19H,1-6H3/q-1. The lowest BCUT2D eigenvalue weighted by atomic mass is 9.87. The first-order valence-corrected chi connectivity index (χ1v) is 8.08. The zero-order chi connectivity index (χ0) is 16.0. The Bertz CT molecular complexity index is 466. The van der Waals surface area contributed by atoms with Gasteiger partial charge in [-0.05, 0) is 76.9 Å². The third kappa shape index (κ3) is 2.64. The molecule has 3 N–H and O–H groups in total. The largest absolute Gasteiger partial charge is 0.467 e. The monoisotopic (exact) mass is 302 g/mol. The molecule has 0 aromatic carbocycles. The summed E-state index contributed by atoms with van der Waals surface area (Å²) in [5.41, 5.74) is 14.4. The highest BCUT2D eigenvalue weighted by atomic mass is 15.7. The molecule has 0 bridgehead atoms. The fraction of sp³-hybridized carbons (Fsp3) is 0.600. The Morgan fingerprint density at radius 2 is 0.955 bits per heavy atom. The Kier molecular flexibility index (Phi) is 3.97. The molecule has 3 heterocycles. The minimum atomic E-state index is 0.00333. The number of nitrogens with zero attached hydrogens (tertiary/aromatic N) is 3. The molecular weight excluding hydrogens is 275 g/mol. The van der Waals surface area contributed by atoms with E-state index in [0.29, 0.717) is 18.1 Å². The second-order valence-corrected chi connectivity index (χ2v) is 6.63. The van der Waals surface area contributed by atoms with Crippen molar-refractivity contribution >= 4 is 7.12 Å². The van der Waals surface area contributed by atoms with Gasteiger partial charge in [0.1, 0.15) is 0 Å². The van der Waals surface area contributed by atoms with Crippen molar-refractivity contribution in [3.8, 4) is 0 Å². The lowest BCUT2D eigenvalue weighted by Crippen LogP contribution is -2.68. The van der Waals surface area contributed by atoms with Crippen molar-refractivity contribution in [1.29, 1.82) is 0 Å². The SMILES string of the molecule is CC1=CC(C)NN1[B-](N1NC(C)C=C1C)N1NC(C)C=C1C. The summed E-state index contributed by atoms with van der Waals surface area (Å²) in [5.74, 6) is 0. The summed E-state index contributed by atoms with van der Waals surface area (Å²) in [4.78, 5) is 6.69. The average molecular weight is 302 g/mol. The van der Waals surface area contributed by atoms with Gasteiger partial charge in [0, 0.05) is 18.1 Å². The second kappa shape index (κ2) is 5.64. The minimum absolute atomic E-state index is 0.00333. The van der Waals surface area contributed by atoms with Crippen LogP contribution in [0.1, 0.15) is 41.5 Å². The summed E-state index contributed by atoms with van der Waals surface area (Å²) in [6.07, 6.45) is 6.76. The van der Waals surface area contributed by atoms with E-state index in [9.17, 15) is 0 Å². The quantitative estimate of drug-likeness (QED) is 0.683. The van der Waals surface area contributed by atoms with Gasteiger partial charge < -0.3 is 14.8 Å². The molecule has 0 saturated carbocycles. The maximum Gasteiger partial charge on any atom is 0.236 e. The molecule has 0 aromatic rings. The van der Waals surface area contributed by atoms with Crippen molar-refractivity contribution in [2.24, 2.45) is 0 Å². The molecule has 22 heavy (non-hydrogen) atoms. The van der Waals surface area contributed by atoms with Crippen LogP contribution in [0.3, 0.4) is 0 Å². The molecule has 0 saturated heterocycles. The van der Waals surface area contributed by atoms with E-state index in [4.69, 9.17) is 0 Å². The van der Waals surface area contributed by atoms with Gasteiger partial charge in [-0.3, -0.25) is 16.3 Å². The van der Waals surface area contributed by atoms with E-state index in [-0.39, 0.29) is 7.12 Å². The third-order valence-electron chi connectivity index (χ3n) is 4.33. The van der Waals surface area contributed by atoms with E-state index in [0.717, 1.165) is 0 Å². The molecule has 7 heteroatoms. The first-order chi connectivity index (χ1) is 10.4. The molecule has 3 rings (SSSR count). The number of rotatable bonds is 3. The fourth-order valence-electron chi connectivity index (χ4n) is 3.49. The first kappa shape index (κ1) is 15.5. The van der Waals surface area contributed by atoms with Gasteiger partial charge in [0.25, 0.3) is 0 Å². The highest BCUT2D eigenvalue weighted by Crippen LogP contribution is 2.25. The van der Waals surface area contributed by atoms with Crippen LogP contribution in [0.15, 0.2) is 35.3 Å². The Morgan fingerprint density at radius 1 is 0.682 bits per heavy atom. The van der Waals surface area contributed by atoms with Crippen LogP contribution in [-0.4, -0.2) is 40.0 Å². The molecule has 0 aliphatic carbocycles. The van der Waals surface area contributed by atoms with Gasteiger partial charge in [-0.2, -0.15) is 0 Å². The van der Waals surface area contributed by atoms with E-state index in [1.54, 1.807) is 0 Å². The van der Waals surface area contributed by atoms with Gasteiger partial charge in [-0.25, -0.2) is 0 Å². The summed E-state index contributed by atoms with van der Waals surface area (Å²) in [5, 5.41) is 0. The Morgan fingerprint density at radius 3 is 1.14 bits per heavy atom. The van der Waals surface area contributed by atoms with Crippen molar-refractivity contribution < 1.29 is 0 Å². The van der Waals surface area contributed by atoms with E-state index in [1.807, 2.05) is 0 Å². The highest BCUT2D eigenvalue weighted by molar-refractivity contribution is 6.51. The number of hydrazine groups is 3. The molecule has 3 unspecified atom stereocenters. The molecule has 0 fully saturated rings. The Labute approximate surface area is 133 Å². The van der Waals surface area contributed by atoms with Crippen molar-refractivity contribution in [2.75, 3.05) is 0 Å². The Hall–Kier alpha value is -1.44. The van der Waals surface area contributed by atoms with E-state index in [2.05, 4.69) is 90.8 Å². The highest BCUT2D eigenvalue weighted by Gasteiger charge is 2.32. The fourth-order valence-corrected chi connectivity index (χ4v) is 3.49. The normalized spacial score (nSPS) is 32.0. The molecular formula is C15H27BN6-. The van der Waals surface area contributed by atoms with Crippen LogP contribution >= 0.6 is 0 Å². The van der Waals surface area contributed by atoms with Crippen molar-refractivity contribution in [3.05, 3.63) is 35.3 Å². The molecule has 0 spiro atoms. The van der Waals surface area contributed by atoms with Crippen LogP contribution in [0.25, 0.3) is 0 Å². The second-order valence-electron chi connectivity index (χ2n) is 6.63. The molecule has 0 amide bonds. The minimum Gasteiger partial charge on any atom is -0.467 e. The first-order valence-electron chi connectivity index (χ1n) is 8.08.